The fourth-order valence-corrected chi connectivity index (χ4v) is 1.75. The van der Waals surface area contributed by atoms with Gasteiger partial charge in [-0.2, -0.15) is 0 Å². The van der Waals surface area contributed by atoms with Gasteiger partial charge in [-0.15, -0.1) is 0 Å². The van der Waals surface area contributed by atoms with Crippen molar-refractivity contribution < 1.29 is 5.11 Å². The normalized spacial score (nSPS) is 14.3. The molecule has 1 unspecified atom stereocenters. The maximum Gasteiger partial charge on any atom is 0.131 e. The van der Waals surface area contributed by atoms with Crippen molar-refractivity contribution in [3.05, 3.63) is 12.4 Å². The van der Waals surface area contributed by atoms with Crippen LogP contribution in [-0.4, -0.2) is 59.3 Å². The van der Waals surface area contributed by atoms with E-state index in [1.807, 2.05) is 32.0 Å². The molecule has 102 valence electrons. The quantitative estimate of drug-likeness (QED) is 0.662. The van der Waals surface area contributed by atoms with Crippen molar-refractivity contribution in [2.24, 2.45) is 0 Å². The molecule has 0 radical (unpaired) electrons. The van der Waals surface area contributed by atoms with Crippen LogP contribution < -0.4 is 10.6 Å². The Morgan fingerprint density at radius 1 is 1.28 bits per heavy atom. The highest BCUT2D eigenvalue weighted by molar-refractivity contribution is 5.46. The van der Waals surface area contributed by atoms with Crippen LogP contribution in [0, 0.1) is 0 Å². The van der Waals surface area contributed by atoms with Gasteiger partial charge in [-0.3, -0.25) is 0 Å². The van der Waals surface area contributed by atoms with Crippen LogP contribution in [0.25, 0.3) is 0 Å². The maximum atomic E-state index is 10.2. The summed E-state index contributed by atoms with van der Waals surface area (Å²) in [6, 6.07) is 1.83. The number of anilines is 2. The smallest absolute Gasteiger partial charge is 0.131 e. The number of nitrogens with zero attached hydrogens (tertiary/aromatic N) is 3. The third kappa shape index (κ3) is 5.29. The Hall–Kier alpha value is -1.40. The molecule has 0 aromatic carbocycles. The van der Waals surface area contributed by atoms with E-state index in [4.69, 9.17) is 0 Å². The van der Waals surface area contributed by atoms with E-state index in [1.165, 1.54) is 6.33 Å². The van der Waals surface area contributed by atoms with Crippen LogP contribution in [0.3, 0.4) is 0 Å². The Labute approximate surface area is 108 Å². The molecule has 18 heavy (non-hydrogen) atoms. The van der Waals surface area contributed by atoms with Crippen molar-refractivity contribution in [2.75, 3.05) is 44.4 Å². The summed E-state index contributed by atoms with van der Waals surface area (Å²) in [6.45, 7) is 5.65. The van der Waals surface area contributed by atoms with Crippen molar-refractivity contribution >= 4 is 11.6 Å². The second-order valence-corrected chi connectivity index (χ2v) is 4.91. The van der Waals surface area contributed by atoms with Crippen LogP contribution in [-0.2, 0) is 0 Å². The highest BCUT2D eigenvalue weighted by Crippen LogP contribution is 2.11. The number of hydrogen-bond acceptors (Lipinski definition) is 6. The summed E-state index contributed by atoms with van der Waals surface area (Å²) in [5.41, 5.74) is -0.799. The van der Waals surface area contributed by atoms with Gasteiger partial charge >= 0.3 is 0 Å². The first-order valence-corrected chi connectivity index (χ1v) is 6.10. The van der Waals surface area contributed by atoms with E-state index in [2.05, 4.69) is 20.6 Å². The molecule has 0 fully saturated rings. The van der Waals surface area contributed by atoms with Crippen molar-refractivity contribution in [3.63, 3.8) is 0 Å². The third-order valence-electron chi connectivity index (χ3n) is 2.33. The lowest BCUT2D eigenvalue weighted by atomic mass is 10.1. The Bertz CT molecular complexity index is 367. The van der Waals surface area contributed by atoms with E-state index in [0.717, 1.165) is 12.4 Å². The first-order valence-electron chi connectivity index (χ1n) is 6.10. The molecule has 1 aromatic heterocycles. The van der Waals surface area contributed by atoms with Crippen LogP contribution in [0.2, 0.25) is 0 Å². The summed E-state index contributed by atoms with van der Waals surface area (Å²) in [5.74, 6) is 1.49. The molecule has 1 heterocycles. The Kier molecular flexibility index (Phi) is 5.30. The summed E-state index contributed by atoms with van der Waals surface area (Å²) >= 11 is 0. The second kappa shape index (κ2) is 6.51. The summed E-state index contributed by atoms with van der Waals surface area (Å²) in [6.07, 6.45) is 1.50. The van der Waals surface area contributed by atoms with Crippen molar-refractivity contribution in [1.29, 1.82) is 0 Å². The van der Waals surface area contributed by atoms with Gasteiger partial charge in [0.15, 0.2) is 0 Å². The topological polar surface area (TPSA) is 73.3 Å². The standard InChI is InChI=1S/C12H23N5O/c1-5-13-10-6-11(16-9-15-10)14-7-12(2,18)8-17(3)4/h6,9,18H,5,7-8H2,1-4H3,(H2,13,14,15,16). The van der Waals surface area contributed by atoms with Crippen LogP contribution in [0.5, 0.6) is 0 Å². The highest BCUT2D eigenvalue weighted by atomic mass is 16.3. The van der Waals surface area contributed by atoms with E-state index < -0.39 is 5.60 Å². The SMILES string of the molecule is CCNc1cc(NCC(C)(O)CN(C)C)ncn1. The molecule has 1 rings (SSSR count). The average molecular weight is 253 g/mol. The summed E-state index contributed by atoms with van der Waals surface area (Å²) in [4.78, 5) is 10.2. The molecule has 0 aliphatic carbocycles. The minimum atomic E-state index is -0.799. The minimum absolute atomic E-state index is 0.438. The van der Waals surface area contributed by atoms with Gasteiger partial charge in [-0.1, -0.05) is 0 Å². The lowest BCUT2D eigenvalue weighted by Crippen LogP contribution is -2.43. The lowest BCUT2D eigenvalue weighted by molar-refractivity contribution is 0.0459. The fourth-order valence-electron chi connectivity index (χ4n) is 1.75. The molecule has 6 heteroatoms. The molecule has 0 aliphatic heterocycles. The number of aliphatic hydroxyl groups is 1. The molecular weight excluding hydrogens is 230 g/mol. The van der Waals surface area contributed by atoms with Gasteiger partial charge in [0.25, 0.3) is 0 Å². The van der Waals surface area contributed by atoms with Gasteiger partial charge in [0.1, 0.15) is 18.0 Å². The van der Waals surface area contributed by atoms with E-state index in [1.54, 1.807) is 6.92 Å². The predicted molar refractivity (Wildman–Crippen MR) is 73.9 cm³/mol. The number of nitrogens with one attached hydrogen (secondary N) is 2. The lowest BCUT2D eigenvalue weighted by Gasteiger charge is -2.27. The van der Waals surface area contributed by atoms with Gasteiger partial charge in [-0.05, 0) is 27.9 Å². The third-order valence-corrected chi connectivity index (χ3v) is 2.33. The number of hydrogen-bond donors (Lipinski definition) is 3. The first kappa shape index (κ1) is 14.7. The molecular formula is C12H23N5O. The van der Waals surface area contributed by atoms with E-state index in [9.17, 15) is 5.11 Å². The molecule has 1 aromatic rings. The molecule has 0 amide bonds. The highest BCUT2D eigenvalue weighted by Gasteiger charge is 2.21. The van der Waals surface area contributed by atoms with Gasteiger partial charge in [0.2, 0.25) is 0 Å². The minimum Gasteiger partial charge on any atom is -0.387 e. The zero-order valence-electron chi connectivity index (χ0n) is 11.6. The van der Waals surface area contributed by atoms with Crippen LogP contribution in [0.15, 0.2) is 12.4 Å². The molecule has 0 bridgehead atoms. The van der Waals surface area contributed by atoms with Gasteiger partial charge in [0.05, 0.1) is 5.60 Å². The fraction of sp³-hybridized carbons (Fsp3) is 0.667. The number of likely N-dealkylation sites (N-methyl/N-ethyl adjacent to an activating group) is 1. The number of aromatic nitrogens is 2. The zero-order valence-corrected chi connectivity index (χ0v) is 11.6. The Morgan fingerprint density at radius 3 is 2.44 bits per heavy atom. The predicted octanol–water partition coefficient (Wildman–Crippen LogP) is 0.633. The molecule has 1 atom stereocenters. The first-order chi connectivity index (χ1) is 8.43. The summed E-state index contributed by atoms with van der Waals surface area (Å²) in [5, 5.41) is 16.4. The van der Waals surface area contributed by atoms with Crippen LogP contribution in [0.4, 0.5) is 11.6 Å². The molecule has 0 aliphatic rings. The van der Waals surface area contributed by atoms with Gasteiger partial charge < -0.3 is 20.6 Å². The molecule has 3 N–H and O–H groups in total. The van der Waals surface area contributed by atoms with Crippen LogP contribution >= 0.6 is 0 Å². The van der Waals surface area contributed by atoms with E-state index in [0.29, 0.717) is 18.9 Å². The maximum absolute atomic E-state index is 10.2. The average Bonchev–Trinajstić information content (AvgIpc) is 2.26. The van der Waals surface area contributed by atoms with Gasteiger partial charge in [-0.25, -0.2) is 9.97 Å². The summed E-state index contributed by atoms with van der Waals surface area (Å²) < 4.78 is 0. The van der Waals surface area contributed by atoms with Crippen LogP contribution in [0.1, 0.15) is 13.8 Å². The Morgan fingerprint density at radius 2 is 1.89 bits per heavy atom. The van der Waals surface area contributed by atoms with Crippen molar-refractivity contribution in [3.8, 4) is 0 Å². The van der Waals surface area contributed by atoms with Crippen molar-refractivity contribution in [2.45, 2.75) is 19.4 Å². The zero-order chi connectivity index (χ0) is 13.6. The Balaban J connectivity index is 2.54. The molecule has 0 spiro atoms. The van der Waals surface area contributed by atoms with E-state index >= 15 is 0 Å². The number of rotatable bonds is 7. The molecule has 6 nitrogen and oxygen atoms in total. The largest absolute Gasteiger partial charge is 0.387 e. The molecule has 0 saturated carbocycles. The summed E-state index contributed by atoms with van der Waals surface area (Å²) in [7, 11) is 3.87. The monoisotopic (exact) mass is 253 g/mol. The van der Waals surface area contributed by atoms with E-state index in [-0.39, 0.29) is 0 Å². The van der Waals surface area contributed by atoms with Gasteiger partial charge in [0, 0.05) is 25.7 Å². The van der Waals surface area contributed by atoms with Crippen molar-refractivity contribution in [1.82, 2.24) is 14.9 Å². The molecule has 0 saturated heterocycles. The second-order valence-electron chi connectivity index (χ2n) is 4.91.